The molecule has 3 heterocycles. The van der Waals surface area contributed by atoms with Crippen molar-refractivity contribution >= 4 is 10.9 Å². The van der Waals surface area contributed by atoms with Gasteiger partial charge in [-0.15, -0.1) is 0 Å². The third-order valence-corrected chi connectivity index (χ3v) is 5.32. The van der Waals surface area contributed by atoms with Crippen LogP contribution < -0.4 is 0 Å². The van der Waals surface area contributed by atoms with Gasteiger partial charge in [-0.25, -0.2) is 0 Å². The zero-order valence-corrected chi connectivity index (χ0v) is 13.6. The first-order valence-electron chi connectivity index (χ1n) is 8.33. The first kappa shape index (κ1) is 14.2. The summed E-state index contributed by atoms with van der Waals surface area (Å²) < 4.78 is 5.44. The van der Waals surface area contributed by atoms with Gasteiger partial charge >= 0.3 is 0 Å². The fraction of sp³-hybridized carbons (Fsp3) is 0.556. The van der Waals surface area contributed by atoms with Gasteiger partial charge in [-0.3, -0.25) is 9.80 Å². The monoisotopic (exact) mass is 299 g/mol. The standard InChI is InChI=1S/C18H25N3O/c1-13-14(2)19-18-15(4-3-5-17(13)18)10-20-11-16(12-20)21-6-8-22-9-7-21/h3-5,16,19H,6-12H2,1-2H3. The number of benzene rings is 1. The molecule has 2 saturated heterocycles. The maximum atomic E-state index is 5.44. The molecule has 4 nitrogen and oxygen atoms in total. The number of likely N-dealkylation sites (tertiary alicyclic amines) is 1. The maximum Gasteiger partial charge on any atom is 0.0594 e. The number of para-hydroxylation sites is 1. The normalized spacial score (nSPS) is 21.4. The van der Waals surface area contributed by atoms with Crippen molar-refractivity contribution in [2.75, 3.05) is 39.4 Å². The molecule has 0 bridgehead atoms. The van der Waals surface area contributed by atoms with Crippen LogP contribution in [0, 0.1) is 13.8 Å². The Bertz CT molecular complexity index is 666. The molecule has 1 aromatic carbocycles. The number of aromatic nitrogens is 1. The summed E-state index contributed by atoms with van der Waals surface area (Å²) in [6.07, 6.45) is 0. The van der Waals surface area contributed by atoms with E-state index < -0.39 is 0 Å². The summed E-state index contributed by atoms with van der Waals surface area (Å²) in [5.41, 5.74) is 5.42. The van der Waals surface area contributed by atoms with E-state index >= 15 is 0 Å². The average molecular weight is 299 g/mol. The van der Waals surface area contributed by atoms with E-state index in [0.717, 1.165) is 38.9 Å². The second kappa shape index (κ2) is 5.69. The van der Waals surface area contributed by atoms with E-state index in [1.54, 1.807) is 0 Å². The van der Waals surface area contributed by atoms with Crippen molar-refractivity contribution in [1.29, 1.82) is 0 Å². The minimum atomic E-state index is 0.732. The van der Waals surface area contributed by atoms with Crippen LogP contribution in [0.25, 0.3) is 10.9 Å². The lowest BCUT2D eigenvalue weighted by Gasteiger charge is -2.46. The van der Waals surface area contributed by atoms with E-state index in [1.807, 2.05) is 0 Å². The van der Waals surface area contributed by atoms with Crippen molar-refractivity contribution < 1.29 is 4.74 Å². The fourth-order valence-electron chi connectivity index (χ4n) is 3.76. The highest BCUT2D eigenvalue weighted by atomic mass is 16.5. The van der Waals surface area contributed by atoms with Gasteiger partial charge in [0.2, 0.25) is 0 Å². The van der Waals surface area contributed by atoms with Crippen molar-refractivity contribution in [1.82, 2.24) is 14.8 Å². The zero-order chi connectivity index (χ0) is 15.1. The van der Waals surface area contributed by atoms with Gasteiger partial charge in [0.25, 0.3) is 0 Å². The summed E-state index contributed by atoms with van der Waals surface area (Å²) >= 11 is 0. The van der Waals surface area contributed by atoms with Gasteiger partial charge in [0, 0.05) is 49.8 Å². The molecule has 0 spiro atoms. The van der Waals surface area contributed by atoms with Crippen LogP contribution in [0.5, 0.6) is 0 Å². The van der Waals surface area contributed by atoms with E-state index in [0.29, 0.717) is 0 Å². The minimum Gasteiger partial charge on any atom is -0.379 e. The number of hydrogen-bond donors (Lipinski definition) is 1. The second-order valence-electron chi connectivity index (χ2n) is 6.71. The van der Waals surface area contributed by atoms with E-state index in [-0.39, 0.29) is 0 Å². The summed E-state index contributed by atoms with van der Waals surface area (Å²) in [7, 11) is 0. The smallest absolute Gasteiger partial charge is 0.0594 e. The summed E-state index contributed by atoms with van der Waals surface area (Å²) in [4.78, 5) is 8.71. The number of hydrogen-bond acceptors (Lipinski definition) is 3. The third-order valence-electron chi connectivity index (χ3n) is 5.32. The largest absolute Gasteiger partial charge is 0.379 e. The number of nitrogens with zero attached hydrogens (tertiary/aromatic N) is 2. The molecular formula is C18H25N3O. The molecule has 0 unspecified atom stereocenters. The number of rotatable bonds is 3. The molecule has 2 aliphatic rings. The minimum absolute atomic E-state index is 0.732. The van der Waals surface area contributed by atoms with E-state index in [4.69, 9.17) is 4.74 Å². The Morgan fingerprint density at radius 1 is 1.18 bits per heavy atom. The van der Waals surface area contributed by atoms with E-state index in [1.165, 1.54) is 40.8 Å². The first-order valence-corrected chi connectivity index (χ1v) is 8.33. The van der Waals surface area contributed by atoms with Crippen molar-refractivity contribution in [2.45, 2.75) is 26.4 Å². The number of nitrogens with one attached hydrogen (secondary N) is 1. The van der Waals surface area contributed by atoms with Crippen LogP contribution in [0.1, 0.15) is 16.8 Å². The average Bonchev–Trinajstić information content (AvgIpc) is 2.80. The number of fused-ring (bicyclic) bond motifs is 1. The molecule has 0 amide bonds. The molecule has 118 valence electrons. The molecule has 0 saturated carbocycles. The molecule has 4 rings (SSSR count). The fourth-order valence-corrected chi connectivity index (χ4v) is 3.76. The first-order chi connectivity index (χ1) is 10.7. The van der Waals surface area contributed by atoms with Gasteiger partial charge < -0.3 is 9.72 Å². The molecule has 0 radical (unpaired) electrons. The van der Waals surface area contributed by atoms with E-state index in [9.17, 15) is 0 Å². The van der Waals surface area contributed by atoms with Crippen LogP contribution in [0.4, 0.5) is 0 Å². The van der Waals surface area contributed by atoms with Crippen LogP contribution >= 0.6 is 0 Å². The number of ether oxygens (including phenoxy) is 1. The summed E-state index contributed by atoms with van der Waals surface area (Å²) in [5, 5.41) is 1.38. The molecule has 2 fully saturated rings. The third kappa shape index (κ3) is 2.45. The molecule has 0 aliphatic carbocycles. The van der Waals surface area contributed by atoms with Crippen LogP contribution in [-0.2, 0) is 11.3 Å². The van der Waals surface area contributed by atoms with Crippen LogP contribution in [0.2, 0.25) is 0 Å². The highest BCUT2D eigenvalue weighted by Crippen LogP contribution is 2.27. The Labute approximate surface area is 132 Å². The van der Waals surface area contributed by atoms with Crippen LogP contribution in [-0.4, -0.2) is 60.2 Å². The highest BCUT2D eigenvalue weighted by molar-refractivity contribution is 5.87. The quantitative estimate of drug-likeness (QED) is 0.943. The van der Waals surface area contributed by atoms with Crippen molar-refractivity contribution in [3.63, 3.8) is 0 Å². The predicted octanol–water partition coefficient (Wildman–Crippen LogP) is 2.30. The van der Waals surface area contributed by atoms with Crippen molar-refractivity contribution in [3.8, 4) is 0 Å². The molecule has 22 heavy (non-hydrogen) atoms. The molecule has 2 aliphatic heterocycles. The van der Waals surface area contributed by atoms with Crippen molar-refractivity contribution in [3.05, 3.63) is 35.0 Å². The molecule has 0 atom stereocenters. The molecule has 1 aromatic heterocycles. The lowest BCUT2D eigenvalue weighted by atomic mass is 10.0. The number of morpholine rings is 1. The lowest BCUT2D eigenvalue weighted by molar-refractivity contribution is -0.0343. The van der Waals surface area contributed by atoms with Gasteiger partial charge in [-0.2, -0.15) is 0 Å². The SMILES string of the molecule is Cc1[nH]c2c(CN3CC(N4CCOCC4)C3)cccc2c1C. The van der Waals surface area contributed by atoms with Gasteiger partial charge in [0.15, 0.2) is 0 Å². The Kier molecular flexibility index (Phi) is 3.68. The number of H-pyrrole nitrogens is 1. The van der Waals surface area contributed by atoms with Gasteiger partial charge in [-0.05, 0) is 25.0 Å². The second-order valence-corrected chi connectivity index (χ2v) is 6.71. The summed E-state index contributed by atoms with van der Waals surface area (Å²) in [6, 6.07) is 7.41. The van der Waals surface area contributed by atoms with E-state index in [2.05, 4.69) is 46.8 Å². The molecular weight excluding hydrogens is 274 g/mol. The Morgan fingerprint density at radius 2 is 1.95 bits per heavy atom. The lowest BCUT2D eigenvalue weighted by Crippen LogP contribution is -2.60. The van der Waals surface area contributed by atoms with Gasteiger partial charge in [0.1, 0.15) is 0 Å². The maximum absolute atomic E-state index is 5.44. The Morgan fingerprint density at radius 3 is 2.73 bits per heavy atom. The Balaban J connectivity index is 1.44. The van der Waals surface area contributed by atoms with Gasteiger partial charge in [-0.1, -0.05) is 18.2 Å². The molecule has 2 aromatic rings. The number of aromatic amines is 1. The van der Waals surface area contributed by atoms with Crippen LogP contribution in [0.3, 0.4) is 0 Å². The van der Waals surface area contributed by atoms with Crippen molar-refractivity contribution in [2.24, 2.45) is 0 Å². The van der Waals surface area contributed by atoms with Crippen LogP contribution in [0.15, 0.2) is 18.2 Å². The molecule has 4 heteroatoms. The predicted molar refractivity (Wildman–Crippen MR) is 89.2 cm³/mol. The Hall–Kier alpha value is -1.36. The topological polar surface area (TPSA) is 31.5 Å². The number of aryl methyl sites for hydroxylation is 2. The zero-order valence-electron chi connectivity index (χ0n) is 13.6. The van der Waals surface area contributed by atoms with Gasteiger partial charge in [0.05, 0.1) is 18.7 Å². The molecule has 1 N–H and O–H groups in total. The summed E-state index contributed by atoms with van der Waals surface area (Å²) in [5.74, 6) is 0. The highest BCUT2D eigenvalue weighted by Gasteiger charge is 2.32. The summed E-state index contributed by atoms with van der Waals surface area (Å²) in [6.45, 7) is 11.8.